The molecule has 3 aromatic rings. The van der Waals surface area contributed by atoms with E-state index in [0.717, 1.165) is 43.1 Å². The van der Waals surface area contributed by atoms with Crippen molar-refractivity contribution in [2.24, 2.45) is 0 Å². The van der Waals surface area contributed by atoms with Gasteiger partial charge in [-0.25, -0.2) is 9.07 Å². The van der Waals surface area contributed by atoms with Gasteiger partial charge >= 0.3 is 0 Å². The van der Waals surface area contributed by atoms with E-state index in [1.807, 2.05) is 24.3 Å². The quantitative estimate of drug-likeness (QED) is 0.534. The van der Waals surface area contributed by atoms with E-state index in [2.05, 4.69) is 21.8 Å². The van der Waals surface area contributed by atoms with Gasteiger partial charge in [0.1, 0.15) is 34.7 Å². The Bertz CT molecular complexity index is 1190. The number of nitriles is 1. The van der Waals surface area contributed by atoms with Gasteiger partial charge in [-0.2, -0.15) is 10.4 Å². The molecule has 0 radical (unpaired) electrons. The van der Waals surface area contributed by atoms with E-state index in [9.17, 15) is 14.4 Å². The topological polar surface area (TPSA) is 118 Å². The van der Waals surface area contributed by atoms with E-state index in [1.165, 1.54) is 19.2 Å². The molecule has 2 heterocycles. The molecular weight excluding hydrogens is 423 g/mol. The van der Waals surface area contributed by atoms with Gasteiger partial charge in [-0.1, -0.05) is 24.3 Å². The fraction of sp³-hybridized carbons (Fsp3) is 0.292. The molecule has 4 N–H and O–H groups in total. The maximum atomic E-state index is 13.5. The summed E-state index contributed by atoms with van der Waals surface area (Å²) in [5.74, 6) is -0.257. The molecule has 9 heteroatoms. The first kappa shape index (κ1) is 22.3. The molecule has 8 nitrogen and oxygen atoms in total. The Morgan fingerprint density at radius 2 is 2.03 bits per heavy atom. The highest BCUT2D eigenvalue weighted by atomic mass is 19.1. The maximum Gasteiger partial charge on any atom is 0.255 e. The second-order valence-corrected chi connectivity index (χ2v) is 7.87. The van der Waals surface area contributed by atoms with Gasteiger partial charge in [0, 0.05) is 12.1 Å². The molecule has 0 unspecified atom stereocenters. The van der Waals surface area contributed by atoms with Crippen LogP contribution in [0.3, 0.4) is 0 Å². The molecule has 0 saturated carbocycles. The van der Waals surface area contributed by atoms with Crippen LogP contribution in [0.1, 0.15) is 40.4 Å². The first-order valence-electron chi connectivity index (χ1n) is 10.7. The van der Waals surface area contributed by atoms with Crippen molar-refractivity contribution in [1.29, 1.82) is 5.26 Å². The SMILES string of the molecule is COc1ccc(F)cc1C(=O)NCc1ccc(-c2nn(C3CCNCC3)c(N)c2C#N)cc1. The number of rotatable bonds is 6. The van der Waals surface area contributed by atoms with E-state index >= 15 is 0 Å². The van der Waals surface area contributed by atoms with Crippen LogP contribution in [0.2, 0.25) is 0 Å². The van der Waals surface area contributed by atoms with Crippen molar-refractivity contribution in [3.63, 3.8) is 0 Å². The number of halogens is 1. The minimum Gasteiger partial charge on any atom is -0.496 e. The minimum absolute atomic E-state index is 0.131. The third-order valence-electron chi connectivity index (χ3n) is 5.80. The van der Waals surface area contributed by atoms with Gasteiger partial charge in [0.2, 0.25) is 0 Å². The Balaban J connectivity index is 1.49. The Labute approximate surface area is 191 Å². The zero-order valence-electron chi connectivity index (χ0n) is 18.3. The number of nitrogens with two attached hydrogens (primary N) is 1. The summed E-state index contributed by atoms with van der Waals surface area (Å²) in [5.41, 5.74) is 8.92. The number of piperidine rings is 1. The van der Waals surface area contributed by atoms with Gasteiger partial charge in [-0.05, 0) is 49.7 Å². The molecule has 0 bridgehead atoms. The van der Waals surface area contributed by atoms with Gasteiger partial charge in [0.25, 0.3) is 5.91 Å². The maximum absolute atomic E-state index is 13.5. The van der Waals surface area contributed by atoms with Gasteiger partial charge < -0.3 is 21.1 Å². The van der Waals surface area contributed by atoms with Gasteiger partial charge in [0.15, 0.2) is 0 Å². The number of hydrogen-bond donors (Lipinski definition) is 3. The summed E-state index contributed by atoms with van der Waals surface area (Å²) >= 11 is 0. The number of aromatic nitrogens is 2. The summed E-state index contributed by atoms with van der Waals surface area (Å²) in [6.45, 7) is 2.03. The van der Waals surface area contributed by atoms with Crippen LogP contribution < -0.4 is 21.1 Å². The van der Waals surface area contributed by atoms with E-state index < -0.39 is 11.7 Å². The van der Waals surface area contributed by atoms with Crippen molar-refractivity contribution >= 4 is 11.7 Å². The zero-order chi connectivity index (χ0) is 23.4. The van der Waals surface area contributed by atoms with E-state index in [-0.39, 0.29) is 18.2 Å². The van der Waals surface area contributed by atoms with Crippen LogP contribution in [0, 0.1) is 17.1 Å². The van der Waals surface area contributed by atoms with Gasteiger partial charge in [-0.3, -0.25) is 4.79 Å². The summed E-state index contributed by atoms with van der Waals surface area (Å²) in [6.07, 6.45) is 1.82. The number of benzene rings is 2. The number of carbonyl (C=O) groups excluding carboxylic acids is 1. The van der Waals surface area contributed by atoms with E-state index in [0.29, 0.717) is 22.8 Å². The van der Waals surface area contributed by atoms with Crippen LogP contribution >= 0.6 is 0 Å². The largest absolute Gasteiger partial charge is 0.496 e. The predicted molar refractivity (Wildman–Crippen MR) is 122 cm³/mol. The molecular formula is C24H25FN6O2. The second kappa shape index (κ2) is 9.71. The molecule has 1 aromatic heterocycles. The van der Waals surface area contributed by atoms with Crippen molar-refractivity contribution in [2.75, 3.05) is 25.9 Å². The second-order valence-electron chi connectivity index (χ2n) is 7.87. The number of hydrogen-bond acceptors (Lipinski definition) is 6. The minimum atomic E-state index is -0.512. The standard InChI is InChI=1S/C24H25FN6O2/c1-33-21-7-6-17(25)12-19(21)24(32)29-14-15-2-4-16(5-3-15)22-20(13-26)23(27)31(30-22)18-8-10-28-11-9-18/h2-7,12,18,28H,8-11,14,27H2,1H3,(H,29,32). The predicted octanol–water partition coefficient (Wildman–Crippen LogP) is 3.01. The molecule has 0 spiro atoms. The number of nitrogens with zero attached hydrogens (tertiary/aromatic N) is 3. The van der Waals surface area contributed by atoms with Crippen LogP contribution in [0.15, 0.2) is 42.5 Å². The third-order valence-corrected chi connectivity index (χ3v) is 5.80. The van der Waals surface area contributed by atoms with Crippen LogP contribution in [-0.4, -0.2) is 35.9 Å². The summed E-state index contributed by atoms with van der Waals surface area (Å²) in [4.78, 5) is 12.5. The Hall–Kier alpha value is -3.90. The molecule has 1 fully saturated rings. The Morgan fingerprint density at radius 3 is 2.70 bits per heavy atom. The van der Waals surface area contributed by atoms with Crippen molar-refractivity contribution in [3.05, 3.63) is 65.0 Å². The van der Waals surface area contributed by atoms with Crippen LogP contribution in [0.5, 0.6) is 5.75 Å². The number of nitrogens with one attached hydrogen (secondary N) is 2. The molecule has 1 amide bonds. The third kappa shape index (κ3) is 4.66. The number of methoxy groups -OCH3 is 1. The number of amides is 1. The number of carbonyl (C=O) groups is 1. The molecule has 0 atom stereocenters. The zero-order valence-corrected chi connectivity index (χ0v) is 18.3. The van der Waals surface area contributed by atoms with Crippen LogP contribution in [0.25, 0.3) is 11.3 Å². The molecule has 170 valence electrons. The molecule has 1 saturated heterocycles. The van der Waals surface area contributed by atoms with Gasteiger partial charge in [-0.15, -0.1) is 0 Å². The molecule has 1 aliphatic heterocycles. The Kier molecular flexibility index (Phi) is 6.56. The first-order valence-corrected chi connectivity index (χ1v) is 10.7. The lowest BCUT2D eigenvalue weighted by Crippen LogP contribution is -2.30. The number of anilines is 1. The van der Waals surface area contributed by atoms with Crippen molar-refractivity contribution in [3.8, 4) is 23.1 Å². The highest BCUT2D eigenvalue weighted by Gasteiger charge is 2.23. The smallest absolute Gasteiger partial charge is 0.255 e. The van der Waals surface area contributed by atoms with Crippen LogP contribution in [0.4, 0.5) is 10.2 Å². The number of ether oxygens (including phenoxy) is 1. The summed E-state index contributed by atoms with van der Waals surface area (Å²) in [5, 5.41) is 20.4. The lowest BCUT2D eigenvalue weighted by atomic mass is 10.1. The molecule has 2 aromatic carbocycles. The average molecular weight is 449 g/mol. The monoisotopic (exact) mass is 448 g/mol. The van der Waals surface area contributed by atoms with Crippen molar-refractivity contribution in [1.82, 2.24) is 20.4 Å². The Morgan fingerprint density at radius 1 is 1.30 bits per heavy atom. The number of nitrogen functional groups attached to an aromatic ring is 1. The summed E-state index contributed by atoms with van der Waals surface area (Å²) in [6, 6.07) is 13.5. The first-order chi connectivity index (χ1) is 16.0. The van der Waals surface area contributed by atoms with Crippen molar-refractivity contribution in [2.45, 2.75) is 25.4 Å². The summed E-state index contributed by atoms with van der Waals surface area (Å²) in [7, 11) is 1.43. The fourth-order valence-electron chi connectivity index (χ4n) is 4.01. The van der Waals surface area contributed by atoms with E-state index in [1.54, 1.807) is 4.68 Å². The van der Waals surface area contributed by atoms with Crippen molar-refractivity contribution < 1.29 is 13.9 Å². The van der Waals surface area contributed by atoms with Gasteiger partial charge in [0.05, 0.1) is 18.7 Å². The lowest BCUT2D eigenvalue weighted by molar-refractivity contribution is 0.0947. The molecule has 1 aliphatic rings. The normalized spacial score (nSPS) is 14.0. The molecule has 33 heavy (non-hydrogen) atoms. The average Bonchev–Trinajstić information content (AvgIpc) is 3.19. The molecule has 0 aliphatic carbocycles. The van der Waals surface area contributed by atoms with E-state index in [4.69, 9.17) is 10.5 Å². The summed E-state index contributed by atoms with van der Waals surface area (Å²) < 4.78 is 20.5. The molecule has 4 rings (SSSR count). The lowest BCUT2D eigenvalue weighted by Gasteiger charge is -2.23. The highest BCUT2D eigenvalue weighted by molar-refractivity contribution is 5.96. The highest BCUT2D eigenvalue weighted by Crippen LogP contribution is 2.31. The van der Waals surface area contributed by atoms with Crippen LogP contribution in [-0.2, 0) is 6.54 Å². The fourth-order valence-corrected chi connectivity index (χ4v) is 4.01.